The summed E-state index contributed by atoms with van der Waals surface area (Å²) in [6, 6.07) is 18.3. The Kier molecular flexibility index (Phi) is 7.54. The second kappa shape index (κ2) is 11.1. The second-order valence-electron chi connectivity index (χ2n) is 7.77. The average molecular weight is 460 g/mol. The highest BCUT2D eigenvalue weighted by Crippen LogP contribution is 2.21. The van der Waals surface area contributed by atoms with Crippen molar-refractivity contribution >= 4 is 29.0 Å². The van der Waals surface area contributed by atoms with Crippen molar-refractivity contribution in [2.75, 3.05) is 31.3 Å². The van der Waals surface area contributed by atoms with Gasteiger partial charge in [-0.05, 0) is 35.6 Å². The number of unbranched alkanes of at least 4 members (excludes halogenated alkanes) is 1. The minimum absolute atomic E-state index is 0.348. The quantitative estimate of drug-likeness (QED) is 0.304. The Labute approximate surface area is 198 Å². The molecule has 0 aliphatic carbocycles. The van der Waals surface area contributed by atoms with E-state index in [1.165, 1.54) is 0 Å². The van der Waals surface area contributed by atoms with Crippen molar-refractivity contribution in [3.63, 3.8) is 0 Å². The largest absolute Gasteiger partial charge is 0.450 e. The van der Waals surface area contributed by atoms with Gasteiger partial charge in [-0.1, -0.05) is 48.5 Å². The number of aryl methyl sites for hydroxylation is 1. The van der Waals surface area contributed by atoms with E-state index >= 15 is 0 Å². The van der Waals surface area contributed by atoms with Crippen LogP contribution in [0.15, 0.2) is 60.9 Å². The van der Waals surface area contributed by atoms with Crippen LogP contribution in [0.1, 0.15) is 18.4 Å². The van der Waals surface area contributed by atoms with Crippen LogP contribution in [0, 0.1) is 0 Å². The van der Waals surface area contributed by atoms with Gasteiger partial charge in [0.2, 0.25) is 5.95 Å². The van der Waals surface area contributed by atoms with E-state index < -0.39 is 6.09 Å². The fraction of sp³-hybridized carbons (Fsp3) is 0.280. The molecule has 34 heavy (non-hydrogen) atoms. The maximum Gasteiger partial charge on any atom is 0.407 e. The minimum Gasteiger partial charge on any atom is -0.450 e. The summed E-state index contributed by atoms with van der Waals surface area (Å²) in [6.45, 7) is 1.49. The van der Waals surface area contributed by atoms with Gasteiger partial charge < -0.3 is 25.3 Å². The lowest BCUT2D eigenvalue weighted by Gasteiger charge is -2.09. The summed E-state index contributed by atoms with van der Waals surface area (Å²) in [4.78, 5) is 25.4. The van der Waals surface area contributed by atoms with Crippen LogP contribution < -0.4 is 16.0 Å². The molecule has 0 radical (unpaired) electrons. The van der Waals surface area contributed by atoms with Crippen LogP contribution in [0.4, 0.5) is 16.6 Å². The molecule has 1 amide bonds. The van der Waals surface area contributed by atoms with Gasteiger partial charge in [-0.15, -0.1) is 0 Å². The van der Waals surface area contributed by atoms with Gasteiger partial charge in [0.05, 0.1) is 12.9 Å². The third kappa shape index (κ3) is 5.61. The standard InChI is InChI=1S/C25H29N7O2/c1-26-22-21-23(31-24(27-2)30-22)32(17-29-21)13-6-7-14-34-25(33)28-16-18-9-8-12-20(15-18)19-10-4-3-5-11-19/h3-5,8-12,15,17H,6-7,13-14,16H2,1-2H3,(H,28,33)(H2,26,27,30,31). The molecule has 9 heteroatoms. The summed E-state index contributed by atoms with van der Waals surface area (Å²) in [5.74, 6) is 1.22. The number of hydrogen-bond donors (Lipinski definition) is 3. The first-order valence-corrected chi connectivity index (χ1v) is 11.3. The number of nitrogens with one attached hydrogen (secondary N) is 3. The van der Waals surface area contributed by atoms with E-state index in [1.54, 1.807) is 13.4 Å². The summed E-state index contributed by atoms with van der Waals surface area (Å²) < 4.78 is 7.32. The third-order valence-electron chi connectivity index (χ3n) is 5.42. The molecule has 4 aromatic rings. The highest BCUT2D eigenvalue weighted by atomic mass is 16.5. The zero-order valence-corrected chi connectivity index (χ0v) is 19.4. The molecule has 0 spiro atoms. The smallest absolute Gasteiger partial charge is 0.407 e. The number of ether oxygens (including phenoxy) is 1. The maximum atomic E-state index is 12.1. The number of amides is 1. The summed E-state index contributed by atoms with van der Waals surface area (Å²) in [6.07, 6.45) is 2.91. The molecule has 0 aliphatic rings. The highest BCUT2D eigenvalue weighted by Gasteiger charge is 2.12. The Bertz CT molecular complexity index is 1240. The number of benzene rings is 2. The number of carbonyl (C=O) groups excluding carboxylic acids is 1. The van der Waals surface area contributed by atoms with Crippen LogP contribution in [0.2, 0.25) is 0 Å². The number of aromatic nitrogens is 4. The maximum absolute atomic E-state index is 12.1. The minimum atomic E-state index is -0.414. The summed E-state index contributed by atoms with van der Waals surface area (Å²) in [5.41, 5.74) is 4.78. The molecular weight excluding hydrogens is 430 g/mol. The van der Waals surface area contributed by atoms with Crippen molar-refractivity contribution in [3.05, 3.63) is 66.5 Å². The molecule has 0 bridgehead atoms. The zero-order valence-electron chi connectivity index (χ0n) is 19.4. The van der Waals surface area contributed by atoms with Crippen molar-refractivity contribution in [2.45, 2.75) is 25.9 Å². The summed E-state index contributed by atoms with van der Waals surface area (Å²) in [7, 11) is 3.59. The van der Waals surface area contributed by atoms with E-state index in [-0.39, 0.29) is 0 Å². The highest BCUT2D eigenvalue weighted by molar-refractivity contribution is 5.84. The number of rotatable bonds is 10. The molecule has 0 saturated heterocycles. The topological polar surface area (TPSA) is 106 Å². The van der Waals surface area contributed by atoms with Crippen LogP contribution in [0.5, 0.6) is 0 Å². The third-order valence-corrected chi connectivity index (χ3v) is 5.42. The number of fused-ring (bicyclic) bond motifs is 1. The Hall–Kier alpha value is -4.14. The van der Waals surface area contributed by atoms with Crippen LogP contribution in [0.3, 0.4) is 0 Å². The number of anilines is 2. The lowest BCUT2D eigenvalue weighted by Crippen LogP contribution is -2.24. The number of imidazole rings is 1. The lowest BCUT2D eigenvalue weighted by atomic mass is 10.0. The van der Waals surface area contributed by atoms with Gasteiger partial charge in [0.15, 0.2) is 17.0 Å². The van der Waals surface area contributed by atoms with Gasteiger partial charge >= 0.3 is 6.09 Å². The van der Waals surface area contributed by atoms with Crippen LogP contribution in [-0.4, -0.2) is 46.3 Å². The predicted octanol–water partition coefficient (Wildman–Crippen LogP) is 4.28. The van der Waals surface area contributed by atoms with Gasteiger partial charge in [-0.2, -0.15) is 9.97 Å². The van der Waals surface area contributed by atoms with Gasteiger partial charge in [-0.3, -0.25) is 0 Å². The molecule has 0 unspecified atom stereocenters. The summed E-state index contributed by atoms with van der Waals surface area (Å²) in [5, 5.41) is 8.84. The van der Waals surface area contributed by atoms with Crippen molar-refractivity contribution in [1.82, 2.24) is 24.8 Å². The number of hydrogen-bond acceptors (Lipinski definition) is 7. The van der Waals surface area contributed by atoms with E-state index in [0.29, 0.717) is 24.9 Å². The fourth-order valence-electron chi connectivity index (χ4n) is 3.66. The van der Waals surface area contributed by atoms with Gasteiger partial charge in [-0.25, -0.2) is 9.78 Å². The predicted molar refractivity (Wildman–Crippen MR) is 134 cm³/mol. The molecule has 3 N–H and O–H groups in total. The number of carbonyl (C=O) groups is 1. The van der Waals surface area contributed by atoms with E-state index in [9.17, 15) is 4.79 Å². The second-order valence-corrected chi connectivity index (χ2v) is 7.77. The molecule has 2 aromatic carbocycles. The Morgan fingerprint density at radius 1 is 0.971 bits per heavy atom. The number of alkyl carbamates (subject to hydrolysis) is 1. The van der Waals surface area contributed by atoms with Gasteiger partial charge in [0.25, 0.3) is 0 Å². The average Bonchev–Trinajstić information content (AvgIpc) is 3.30. The van der Waals surface area contributed by atoms with Crippen molar-refractivity contribution in [1.29, 1.82) is 0 Å². The Balaban J connectivity index is 1.21. The molecule has 4 rings (SSSR count). The summed E-state index contributed by atoms with van der Waals surface area (Å²) >= 11 is 0. The van der Waals surface area contributed by atoms with Crippen molar-refractivity contribution in [2.24, 2.45) is 0 Å². The SMILES string of the molecule is CNc1nc(NC)c2ncn(CCCCOC(=O)NCc3cccc(-c4ccccc4)c3)c2n1. The normalized spacial score (nSPS) is 10.8. The van der Waals surface area contributed by atoms with Crippen LogP contribution in [0.25, 0.3) is 22.3 Å². The Morgan fingerprint density at radius 2 is 1.79 bits per heavy atom. The van der Waals surface area contributed by atoms with Gasteiger partial charge in [0, 0.05) is 27.2 Å². The van der Waals surface area contributed by atoms with Gasteiger partial charge in [0.1, 0.15) is 0 Å². The molecule has 9 nitrogen and oxygen atoms in total. The lowest BCUT2D eigenvalue weighted by molar-refractivity contribution is 0.143. The zero-order chi connectivity index (χ0) is 23.8. The van der Waals surface area contributed by atoms with E-state index in [2.05, 4.69) is 55.2 Å². The molecular formula is C25H29N7O2. The van der Waals surface area contributed by atoms with Crippen molar-refractivity contribution in [3.8, 4) is 11.1 Å². The first kappa shape index (κ1) is 23.0. The molecule has 2 heterocycles. The first-order valence-electron chi connectivity index (χ1n) is 11.3. The molecule has 0 aliphatic heterocycles. The van der Waals surface area contributed by atoms with E-state index in [1.807, 2.05) is 41.9 Å². The molecule has 0 atom stereocenters. The fourth-order valence-corrected chi connectivity index (χ4v) is 3.66. The van der Waals surface area contributed by atoms with E-state index in [4.69, 9.17) is 4.74 Å². The van der Waals surface area contributed by atoms with Crippen LogP contribution >= 0.6 is 0 Å². The molecule has 0 fully saturated rings. The monoisotopic (exact) mass is 459 g/mol. The van der Waals surface area contributed by atoms with E-state index in [0.717, 1.165) is 47.2 Å². The molecule has 2 aromatic heterocycles. The first-order chi connectivity index (χ1) is 16.7. The Morgan fingerprint density at radius 3 is 2.59 bits per heavy atom. The molecule has 176 valence electrons. The van der Waals surface area contributed by atoms with Crippen molar-refractivity contribution < 1.29 is 9.53 Å². The molecule has 0 saturated carbocycles. The van der Waals surface area contributed by atoms with Crippen LogP contribution in [-0.2, 0) is 17.8 Å². The number of nitrogens with zero attached hydrogens (tertiary/aromatic N) is 4.